The van der Waals surface area contributed by atoms with Crippen LogP contribution in [0.5, 0.6) is 0 Å². The number of unbranched alkanes of at least 4 members (excludes halogenated alkanes) is 1. The van der Waals surface area contributed by atoms with Crippen molar-refractivity contribution in [2.45, 2.75) is 29.8 Å². The van der Waals surface area contributed by atoms with Crippen LogP contribution in [0.1, 0.15) is 19.8 Å². The van der Waals surface area contributed by atoms with Gasteiger partial charge in [-0.2, -0.15) is 0 Å². The lowest BCUT2D eigenvalue weighted by atomic mass is 10.4. The molecule has 2 unspecified atom stereocenters. The molecular formula is C6H10Cl3O4P. The Bertz CT molecular complexity index is 247. The molecule has 2 atom stereocenters. The summed E-state index contributed by atoms with van der Waals surface area (Å²) in [5.74, 6) is 0. The maximum absolute atomic E-state index is 11.6. The zero-order valence-corrected chi connectivity index (χ0v) is 10.6. The lowest BCUT2D eigenvalue weighted by molar-refractivity contribution is 0.179. The Hall–Kier alpha value is 0.980. The van der Waals surface area contributed by atoms with E-state index in [0.29, 0.717) is 0 Å². The monoisotopic (exact) mass is 282 g/mol. The van der Waals surface area contributed by atoms with Gasteiger partial charge < -0.3 is 0 Å². The first-order chi connectivity index (χ1) is 6.40. The van der Waals surface area contributed by atoms with E-state index in [-0.39, 0.29) is 6.61 Å². The second-order valence-corrected chi connectivity index (χ2v) is 5.97. The molecule has 0 amide bonds. The van der Waals surface area contributed by atoms with Gasteiger partial charge in [-0.05, 0) is 6.42 Å². The standard InChI is InChI=1S/C6H10Cl3O4P/c1-2-3-4-11-14(10)12-5(7)6(8,9)13-14/h5H,2-4H2,1H3. The second kappa shape index (κ2) is 4.88. The predicted molar refractivity (Wildman–Crippen MR) is 54.7 cm³/mol. The molecule has 84 valence electrons. The summed E-state index contributed by atoms with van der Waals surface area (Å²) in [5.41, 5.74) is -1.20. The van der Waals surface area contributed by atoms with Crippen LogP contribution in [0.3, 0.4) is 0 Å². The summed E-state index contributed by atoms with van der Waals surface area (Å²) in [6.07, 6.45) is 1.64. The quantitative estimate of drug-likeness (QED) is 0.449. The van der Waals surface area contributed by atoms with Crippen LogP contribution in [-0.2, 0) is 18.1 Å². The first kappa shape index (κ1) is 13.0. The zero-order valence-electron chi connectivity index (χ0n) is 7.41. The molecule has 8 heteroatoms. The highest BCUT2D eigenvalue weighted by atomic mass is 35.5. The summed E-state index contributed by atoms with van der Waals surface area (Å²) in [4.78, 5) is 0. The third-order valence-electron chi connectivity index (χ3n) is 1.47. The Labute approximate surface area is 97.4 Å². The van der Waals surface area contributed by atoms with Crippen molar-refractivity contribution in [3.05, 3.63) is 0 Å². The summed E-state index contributed by atoms with van der Waals surface area (Å²) in [6, 6.07) is 0. The maximum atomic E-state index is 11.6. The zero-order chi connectivity index (χ0) is 10.8. The van der Waals surface area contributed by atoms with Gasteiger partial charge in [-0.25, -0.2) is 9.09 Å². The number of hydrogen-bond acceptors (Lipinski definition) is 4. The Morgan fingerprint density at radius 2 is 2.21 bits per heavy atom. The molecule has 1 aliphatic rings. The van der Waals surface area contributed by atoms with E-state index in [4.69, 9.17) is 48.4 Å². The number of hydrogen-bond donors (Lipinski definition) is 0. The van der Waals surface area contributed by atoms with Crippen molar-refractivity contribution in [3.8, 4) is 0 Å². The SMILES string of the molecule is CCCCOP1(=O)OC(Cl)C(Cl)(Cl)O1. The molecule has 0 saturated carbocycles. The van der Waals surface area contributed by atoms with E-state index in [1.807, 2.05) is 6.92 Å². The van der Waals surface area contributed by atoms with Gasteiger partial charge in [0.2, 0.25) is 5.56 Å². The number of rotatable bonds is 4. The smallest absolute Gasteiger partial charge is 0.287 e. The van der Waals surface area contributed by atoms with Crippen molar-refractivity contribution < 1.29 is 18.1 Å². The van der Waals surface area contributed by atoms with Crippen molar-refractivity contribution in [1.29, 1.82) is 0 Å². The second-order valence-electron chi connectivity index (χ2n) is 2.71. The molecule has 1 aliphatic heterocycles. The van der Waals surface area contributed by atoms with Crippen LogP contribution in [0.25, 0.3) is 0 Å². The molecule has 0 N–H and O–H groups in total. The minimum absolute atomic E-state index is 0.251. The minimum atomic E-state index is -3.67. The third-order valence-corrected chi connectivity index (χ3v) is 4.46. The highest BCUT2D eigenvalue weighted by Crippen LogP contribution is 2.64. The van der Waals surface area contributed by atoms with Crippen molar-refractivity contribution >= 4 is 42.6 Å². The van der Waals surface area contributed by atoms with Gasteiger partial charge in [0, 0.05) is 0 Å². The van der Waals surface area contributed by atoms with Crippen molar-refractivity contribution in [1.82, 2.24) is 0 Å². The van der Waals surface area contributed by atoms with Crippen molar-refractivity contribution in [3.63, 3.8) is 0 Å². The first-order valence-corrected chi connectivity index (χ1v) is 6.70. The van der Waals surface area contributed by atoms with E-state index in [1.165, 1.54) is 0 Å². The molecule has 14 heavy (non-hydrogen) atoms. The van der Waals surface area contributed by atoms with Crippen LogP contribution in [-0.4, -0.2) is 16.7 Å². The van der Waals surface area contributed by atoms with E-state index in [2.05, 4.69) is 0 Å². The van der Waals surface area contributed by atoms with Gasteiger partial charge in [-0.3, -0.25) is 9.05 Å². The molecule has 0 aliphatic carbocycles. The summed E-state index contributed by atoms with van der Waals surface area (Å²) >= 11 is 16.6. The highest BCUT2D eigenvalue weighted by Gasteiger charge is 2.54. The molecule has 4 nitrogen and oxygen atoms in total. The molecule has 0 aromatic carbocycles. The Morgan fingerprint density at radius 3 is 2.64 bits per heavy atom. The molecule has 1 rings (SSSR count). The number of alkyl halides is 3. The maximum Gasteiger partial charge on any atom is 0.479 e. The molecular weight excluding hydrogens is 273 g/mol. The highest BCUT2D eigenvalue weighted by molar-refractivity contribution is 7.49. The Morgan fingerprint density at radius 1 is 1.57 bits per heavy atom. The van der Waals surface area contributed by atoms with Gasteiger partial charge in [-0.1, -0.05) is 48.1 Å². The van der Waals surface area contributed by atoms with Crippen LogP contribution in [0.4, 0.5) is 0 Å². The fourth-order valence-electron chi connectivity index (χ4n) is 0.764. The number of phosphoric ester groups is 1. The van der Waals surface area contributed by atoms with E-state index in [1.54, 1.807) is 0 Å². The van der Waals surface area contributed by atoms with E-state index in [9.17, 15) is 4.57 Å². The largest absolute Gasteiger partial charge is 0.479 e. The van der Waals surface area contributed by atoms with Crippen molar-refractivity contribution in [2.24, 2.45) is 0 Å². The van der Waals surface area contributed by atoms with Gasteiger partial charge >= 0.3 is 7.82 Å². The van der Waals surface area contributed by atoms with Crippen LogP contribution in [0.15, 0.2) is 0 Å². The van der Waals surface area contributed by atoms with Crippen molar-refractivity contribution in [2.75, 3.05) is 6.61 Å². The van der Waals surface area contributed by atoms with Gasteiger partial charge in [0.25, 0.3) is 4.52 Å². The molecule has 0 aromatic heterocycles. The van der Waals surface area contributed by atoms with Gasteiger partial charge in [0.05, 0.1) is 6.61 Å². The summed E-state index contributed by atoms with van der Waals surface area (Å²) < 4.78 is 24.1. The van der Waals surface area contributed by atoms with Gasteiger partial charge in [0.1, 0.15) is 0 Å². The normalized spacial score (nSPS) is 36.1. The average molecular weight is 283 g/mol. The molecule has 1 saturated heterocycles. The van der Waals surface area contributed by atoms with Crippen LogP contribution in [0.2, 0.25) is 0 Å². The lowest BCUT2D eigenvalue weighted by Crippen LogP contribution is -2.21. The Kier molecular flexibility index (Phi) is 4.54. The van der Waals surface area contributed by atoms with Gasteiger partial charge in [-0.15, -0.1) is 0 Å². The topological polar surface area (TPSA) is 44.8 Å². The molecule has 0 aromatic rings. The fraction of sp³-hybridized carbons (Fsp3) is 1.00. The predicted octanol–water partition coefficient (Wildman–Crippen LogP) is 3.65. The Balaban J connectivity index is 2.49. The summed E-state index contributed by atoms with van der Waals surface area (Å²) in [5, 5.41) is 0. The molecule has 1 fully saturated rings. The van der Waals surface area contributed by atoms with E-state index in [0.717, 1.165) is 12.8 Å². The number of halogens is 3. The fourth-order valence-corrected chi connectivity index (χ4v) is 3.16. The lowest BCUT2D eigenvalue weighted by Gasteiger charge is -2.11. The third kappa shape index (κ3) is 3.24. The van der Waals surface area contributed by atoms with Crippen LogP contribution >= 0.6 is 42.6 Å². The molecule has 1 heterocycles. The van der Waals surface area contributed by atoms with E-state index >= 15 is 0 Å². The van der Waals surface area contributed by atoms with E-state index < -0.39 is 17.9 Å². The molecule has 0 bridgehead atoms. The summed E-state index contributed by atoms with van der Waals surface area (Å²) in [7, 11) is -3.67. The molecule has 0 spiro atoms. The first-order valence-electron chi connectivity index (χ1n) is 4.05. The number of phosphoric acid groups is 1. The average Bonchev–Trinajstić information content (AvgIpc) is 2.22. The summed E-state index contributed by atoms with van der Waals surface area (Å²) in [6.45, 7) is 2.22. The minimum Gasteiger partial charge on any atom is -0.287 e. The van der Waals surface area contributed by atoms with Crippen LogP contribution < -0.4 is 0 Å². The molecule has 0 radical (unpaired) electrons. The van der Waals surface area contributed by atoms with Gasteiger partial charge in [0.15, 0.2) is 0 Å². The van der Waals surface area contributed by atoms with Crippen LogP contribution in [0, 0.1) is 0 Å².